The molecule has 12 nitrogen and oxygen atoms in total. The largest absolute Gasteiger partial charge is 0.480 e. The number of amides is 2. The highest BCUT2D eigenvalue weighted by Crippen LogP contribution is 2.31. The van der Waals surface area contributed by atoms with E-state index in [1.54, 1.807) is 17.9 Å². The predicted octanol–water partition coefficient (Wildman–Crippen LogP) is 0.0116. The van der Waals surface area contributed by atoms with E-state index in [-0.39, 0.29) is 31.1 Å². The van der Waals surface area contributed by atoms with Gasteiger partial charge in [-0.3, -0.25) is 15.0 Å². The first-order valence-electron chi connectivity index (χ1n) is 11.5. The van der Waals surface area contributed by atoms with Gasteiger partial charge in [0.05, 0.1) is 6.04 Å². The molecule has 0 radical (unpaired) electrons. The summed E-state index contributed by atoms with van der Waals surface area (Å²) in [7, 11) is 0. The fourth-order valence-electron chi connectivity index (χ4n) is 4.06. The van der Waals surface area contributed by atoms with Crippen LogP contribution in [-0.2, 0) is 14.4 Å². The number of aliphatic hydroxyl groups is 1. The standard InChI is InChI=1S/C24H32N6O6/c1-12-3-4-17-15(9-12)13(2)21(36-17)20(32)19(23(34)35)29-18(31)5-7-28-22(33)16(25)10-14-6-8-30(11-14)24(26)27/h3-4,6,9,16,19-20,32H,5,7-8,10-11,25H2,1-2H3,(H3,26,27)(H,28,33)(H,29,31)(H,34,35). The van der Waals surface area contributed by atoms with Crippen LogP contribution in [0.5, 0.6) is 0 Å². The molecule has 36 heavy (non-hydrogen) atoms. The van der Waals surface area contributed by atoms with Crippen molar-refractivity contribution in [1.82, 2.24) is 15.5 Å². The molecule has 0 bridgehead atoms. The average Bonchev–Trinajstić information content (AvgIpc) is 3.41. The highest BCUT2D eigenvalue weighted by Gasteiger charge is 2.33. The molecule has 3 unspecified atom stereocenters. The van der Waals surface area contributed by atoms with Crippen LogP contribution < -0.4 is 22.1 Å². The predicted molar refractivity (Wildman–Crippen MR) is 132 cm³/mol. The van der Waals surface area contributed by atoms with Crippen molar-refractivity contribution in [2.75, 3.05) is 19.6 Å². The van der Waals surface area contributed by atoms with E-state index in [4.69, 9.17) is 21.3 Å². The quantitative estimate of drug-likeness (QED) is 0.133. The van der Waals surface area contributed by atoms with Gasteiger partial charge in [0.2, 0.25) is 11.8 Å². The van der Waals surface area contributed by atoms with Gasteiger partial charge in [-0.25, -0.2) is 4.79 Å². The Morgan fingerprint density at radius 1 is 1.28 bits per heavy atom. The first-order chi connectivity index (χ1) is 17.0. The number of nitrogens with one attached hydrogen (secondary N) is 3. The molecule has 9 N–H and O–H groups in total. The van der Waals surface area contributed by atoms with Gasteiger partial charge in [0.15, 0.2) is 12.0 Å². The number of hydrogen-bond acceptors (Lipinski definition) is 7. The van der Waals surface area contributed by atoms with Crippen LogP contribution in [0.4, 0.5) is 0 Å². The van der Waals surface area contributed by atoms with E-state index in [9.17, 15) is 24.6 Å². The van der Waals surface area contributed by atoms with E-state index in [1.165, 1.54) is 0 Å². The van der Waals surface area contributed by atoms with Crippen LogP contribution in [0.1, 0.15) is 35.8 Å². The zero-order chi connectivity index (χ0) is 26.6. The van der Waals surface area contributed by atoms with Crippen LogP contribution in [0.15, 0.2) is 34.3 Å². The molecule has 1 aromatic carbocycles. The maximum Gasteiger partial charge on any atom is 0.329 e. The van der Waals surface area contributed by atoms with Crippen molar-refractivity contribution in [1.29, 1.82) is 5.41 Å². The van der Waals surface area contributed by atoms with E-state index in [1.807, 2.05) is 25.1 Å². The van der Waals surface area contributed by atoms with Crippen molar-refractivity contribution in [3.05, 3.63) is 46.7 Å². The van der Waals surface area contributed by atoms with E-state index >= 15 is 0 Å². The lowest BCUT2D eigenvalue weighted by atomic mass is 10.0. The van der Waals surface area contributed by atoms with Crippen molar-refractivity contribution in [3.8, 4) is 0 Å². The normalized spacial score (nSPS) is 15.8. The molecular weight excluding hydrogens is 468 g/mol. The fraction of sp³-hybridized carbons (Fsp3) is 0.417. The monoisotopic (exact) mass is 500 g/mol. The Hall–Kier alpha value is -3.90. The number of guanidine groups is 1. The molecule has 2 aromatic rings. The Labute approximate surface area is 207 Å². The molecule has 1 aliphatic heterocycles. The summed E-state index contributed by atoms with van der Waals surface area (Å²) in [5.41, 5.74) is 14.4. The van der Waals surface area contributed by atoms with Crippen molar-refractivity contribution in [2.24, 2.45) is 11.5 Å². The fourth-order valence-corrected chi connectivity index (χ4v) is 4.06. The number of carbonyl (C=O) groups is 3. The minimum Gasteiger partial charge on any atom is -0.480 e. The maximum absolute atomic E-state index is 12.4. The third kappa shape index (κ3) is 6.20. The molecule has 2 heterocycles. The molecule has 194 valence electrons. The molecular formula is C24H32N6O6. The number of carboxylic acids is 1. The van der Waals surface area contributed by atoms with Crippen LogP contribution in [0, 0.1) is 19.3 Å². The van der Waals surface area contributed by atoms with Crippen molar-refractivity contribution < 1.29 is 29.0 Å². The summed E-state index contributed by atoms with van der Waals surface area (Å²) in [5, 5.41) is 33.4. The number of benzene rings is 1. The molecule has 0 aliphatic carbocycles. The van der Waals surface area contributed by atoms with Crippen LogP contribution in [-0.4, -0.2) is 70.6 Å². The van der Waals surface area contributed by atoms with Crippen molar-refractivity contribution in [3.63, 3.8) is 0 Å². The second-order valence-electron chi connectivity index (χ2n) is 8.90. The smallest absolute Gasteiger partial charge is 0.329 e. The number of nitrogens with two attached hydrogens (primary N) is 2. The zero-order valence-corrected chi connectivity index (χ0v) is 20.2. The van der Waals surface area contributed by atoms with Crippen molar-refractivity contribution in [2.45, 2.75) is 44.9 Å². The number of fused-ring (bicyclic) bond motifs is 1. The van der Waals surface area contributed by atoms with Crippen molar-refractivity contribution >= 4 is 34.7 Å². The first-order valence-corrected chi connectivity index (χ1v) is 11.5. The van der Waals surface area contributed by atoms with Gasteiger partial charge in [0, 0.05) is 37.0 Å². The summed E-state index contributed by atoms with van der Waals surface area (Å²) >= 11 is 0. The maximum atomic E-state index is 12.4. The van der Waals surface area contributed by atoms with Gasteiger partial charge in [-0.05, 0) is 32.4 Å². The second-order valence-corrected chi connectivity index (χ2v) is 8.90. The Morgan fingerprint density at radius 2 is 2.00 bits per heavy atom. The van der Waals surface area contributed by atoms with Gasteiger partial charge in [-0.2, -0.15) is 0 Å². The molecule has 3 atom stereocenters. The number of hydrogen-bond donors (Lipinski definition) is 7. The third-order valence-electron chi connectivity index (χ3n) is 6.10. The molecule has 2 amide bonds. The molecule has 3 rings (SSSR count). The Kier molecular flexibility index (Phi) is 8.33. The lowest BCUT2D eigenvalue weighted by Gasteiger charge is -2.20. The minimum atomic E-state index is -1.64. The molecule has 0 spiro atoms. The number of rotatable bonds is 10. The zero-order valence-electron chi connectivity index (χ0n) is 20.2. The number of furan rings is 1. The molecule has 1 aromatic heterocycles. The molecule has 0 saturated carbocycles. The average molecular weight is 501 g/mol. The number of carbonyl (C=O) groups excluding carboxylic acids is 2. The summed E-state index contributed by atoms with van der Waals surface area (Å²) < 4.78 is 5.68. The second kappa shape index (κ2) is 11.2. The summed E-state index contributed by atoms with van der Waals surface area (Å²) in [6, 6.07) is 2.95. The van der Waals surface area contributed by atoms with E-state index in [0.717, 1.165) is 16.5 Å². The summed E-state index contributed by atoms with van der Waals surface area (Å²) in [6.07, 6.45) is 0.320. The Balaban J connectivity index is 1.51. The van der Waals surface area contributed by atoms with Gasteiger partial charge in [-0.1, -0.05) is 23.3 Å². The Bertz CT molecular complexity index is 1210. The number of aliphatic hydroxyl groups excluding tert-OH is 1. The van der Waals surface area contributed by atoms with Gasteiger partial charge >= 0.3 is 5.97 Å². The number of aliphatic carboxylic acids is 1. The molecule has 1 aliphatic rings. The lowest BCUT2D eigenvalue weighted by Crippen LogP contribution is -2.46. The van der Waals surface area contributed by atoms with Gasteiger partial charge in [0.1, 0.15) is 17.4 Å². The van der Waals surface area contributed by atoms with E-state index in [2.05, 4.69) is 10.6 Å². The van der Waals surface area contributed by atoms with Crippen LogP contribution in [0.25, 0.3) is 11.0 Å². The SMILES string of the molecule is Cc1ccc2oc(C(O)C(NC(=O)CCNC(=O)C(N)CC3=CCN(C(=N)N)C3)C(=O)O)c(C)c2c1. The van der Waals surface area contributed by atoms with Gasteiger partial charge in [-0.15, -0.1) is 0 Å². The van der Waals surface area contributed by atoms with Crippen LogP contribution in [0.2, 0.25) is 0 Å². The third-order valence-corrected chi connectivity index (χ3v) is 6.10. The number of aryl methyl sites for hydroxylation is 2. The first kappa shape index (κ1) is 26.7. The lowest BCUT2D eigenvalue weighted by molar-refractivity contribution is -0.145. The summed E-state index contributed by atoms with van der Waals surface area (Å²) in [4.78, 5) is 38.1. The molecule has 0 fully saturated rings. The highest BCUT2D eigenvalue weighted by molar-refractivity contribution is 5.87. The number of carboxylic acid groups (broad SMARTS) is 1. The van der Waals surface area contributed by atoms with Crippen LogP contribution >= 0.6 is 0 Å². The van der Waals surface area contributed by atoms with E-state index < -0.39 is 36.0 Å². The molecule has 0 saturated heterocycles. The van der Waals surface area contributed by atoms with Gasteiger partial charge < -0.3 is 41.6 Å². The van der Waals surface area contributed by atoms with E-state index in [0.29, 0.717) is 24.2 Å². The summed E-state index contributed by atoms with van der Waals surface area (Å²) in [5.74, 6) is -2.56. The molecule has 12 heteroatoms. The highest BCUT2D eigenvalue weighted by atomic mass is 16.4. The van der Waals surface area contributed by atoms with Crippen LogP contribution in [0.3, 0.4) is 0 Å². The number of nitrogens with zero attached hydrogens (tertiary/aromatic N) is 1. The van der Waals surface area contributed by atoms with Gasteiger partial charge in [0.25, 0.3) is 0 Å². The summed E-state index contributed by atoms with van der Waals surface area (Å²) in [6.45, 7) is 4.47. The Morgan fingerprint density at radius 3 is 2.64 bits per heavy atom. The minimum absolute atomic E-state index is 0.0550. The topological polar surface area (TPSA) is 208 Å².